The first-order valence-electron chi connectivity index (χ1n) is 10.8. The number of ether oxygens (including phenoxy) is 1. The van der Waals surface area contributed by atoms with Gasteiger partial charge in [0, 0.05) is 13.1 Å². The summed E-state index contributed by atoms with van der Waals surface area (Å²) in [4.78, 5) is 2.33. The predicted octanol–water partition coefficient (Wildman–Crippen LogP) is 3.72. The van der Waals surface area contributed by atoms with E-state index < -0.39 is 0 Å². The van der Waals surface area contributed by atoms with Gasteiger partial charge in [0.15, 0.2) is 17.3 Å². The second-order valence-corrected chi connectivity index (χ2v) is 8.14. The summed E-state index contributed by atoms with van der Waals surface area (Å²) < 4.78 is 20.5. The van der Waals surface area contributed by atoms with Crippen LogP contribution in [-0.2, 0) is 19.5 Å². The first-order chi connectivity index (χ1) is 16.1. The average Bonchev–Trinajstić information content (AvgIpc) is 3.29. The SMILES string of the molecule is COc1cc([C@H](c2nnnn2Cc2ccc(F)cc2)N2CCc3ccccc3C2)ccc1O. The monoisotopic (exact) mass is 445 g/mol. The summed E-state index contributed by atoms with van der Waals surface area (Å²) in [5.41, 5.74) is 4.44. The molecule has 1 N–H and O–H groups in total. The second kappa shape index (κ2) is 8.99. The minimum Gasteiger partial charge on any atom is -0.504 e. The lowest BCUT2D eigenvalue weighted by Gasteiger charge is -2.35. The maximum Gasteiger partial charge on any atom is 0.173 e. The van der Waals surface area contributed by atoms with Gasteiger partial charge in [0.1, 0.15) is 5.82 Å². The van der Waals surface area contributed by atoms with Gasteiger partial charge < -0.3 is 9.84 Å². The number of halogens is 1. The molecule has 0 saturated heterocycles. The number of fused-ring (bicyclic) bond motifs is 1. The molecule has 3 aromatic carbocycles. The lowest BCUT2D eigenvalue weighted by molar-refractivity contribution is 0.194. The first-order valence-corrected chi connectivity index (χ1v) is 10.8. The fraction of sp³-hybridized carbons (Fsp3) is 0.240. The topological polar surface area (TPSA) is 76.3 Å². The van der Waals surface area contributed by atoms with Crippen LogP contribution < -0.4 is 4.74 Å². The Morgan fingerprint density at radius 2 is 1.85 bits per heavy atom. The van der Waals surface area contributed by atoms with Crippen molar-refractivity contribution in [3.8, 4) is 11.5 Å². The molecule has 8 heteroatoms. The van der Waals surface area contributed by atoms with Crippen LogP contribution in [0.5, 0.6) is 11.5 Å². The number of phenolic OH excluding ortho intramolecular Hbond substituents is 1. The van der Waals surface area contributed by atoms with Gasteiger partial charge in [0.05, 0.1) is 19.7 Å². The largest absolute Gasteiger partial charge is 0.504 e. The van der Waals surface area contributed by atoms with Crippen molar-refractivity contribution >= 4 is 0 Å². The third-order valence-corrected chi connectivity index (χ3v) is 6.09. The quantitative estimate of drug-likeness (QED) is 0.488. The number of phenols is 1. The van der Waals surface area contributed by atoms with Gasteiger partial charge in [0.25, 0.3) is 0 Å². The fourth-order valence-electron chi connectivity index (χ4n) is 4.41. The minimum atomic E-state index is -0.281. The van der Waals surface area contributed by atoms with E-state index in [1.807, 2.05) is 12.1 Å². The van der Waals surface area contributed by atoms with Crippen molar-refractivity contribution in [3.05, 3.63) is 101 Å². The maximum absolute atomic E-state index is 13.4. The molecule has 33 heavy (non-hydrogen) atoms. The standard InChI is InChI=1S/C25H24FN5O2/c1-33-23-14-19(8-11-22(23)32)24(30-13-12-18-4-2-3-5-20(18)16-30)25-27-28-29-31(25)15-17-6-9-21(26)10-7-17/h2-11,14,24,32H,12-13,15-16H2,1H3/t24-/m1/s1. The molecule has 168 valence electrons. The molecule has 7 nitrogen and oxygen atoms in total. The number of hydrogen-bond donors (Lipinski definition) is 1. The number of aromatic nitrogens is 4. The van der Waals surface area contributed by atoms with E-state index in [4.69, 9.17) is 4.74 Å². The molecule has 0 bridgehead atoms. The Kier molecular flexibility index (Phi) is 5.75. The molecule has 1 atom stereocenters. The number of hydrogen-bond acceptors (Lipinski definition) is 6. The van der Waals surface area contributed by atoms with Gasteiger partial charge >= 0.3 is 0 Å². The zero-order chi connectivity index (χ0) is 22.8. The smallest absolute Gasteiger partial charge is 0.173 e. The van der Waals surface area contributed by atoms with Crippen LogP contribution in [0.3, 0.4) is 0 Å². The number of nitrogens with zero attached hydrogens (tertiary/aromatic N) is 5. The van der Waals surface area contributed by atoms with Crippen LogP contribution in [0.2, 0.25) is 0 Å². The minimum absolute atomic E-state index is 0.0786. The van der Waals surface area contributed by atoms with Gasteiger partial charge in [-0.05, 0) is 63.4 Å². The van der Waals surface area contributed by atoms with Crippen molar-refractivity contribution < 1.29 is 14.2 Å². The number of rotatable bonds is 6. The molecular formula is C25H24FN5O2. The van der Waals surface area contributed by atoms with Crippen molar-refractivity contribution in [2.24, 2.45) is 0 Å². The highest BCUT2D eigenvalue weighted by Crippen LogP contribution is 2.36. The van der Waals surface area contributed by atoms with Crippen molar-refractivity contribution in [2.75, 3.05) is 13.7 Å². The van der Waals surface area contributed by atoms with Crippen LogP contribution in [0, 0.1) is 5.82 Å². The van der Waals surface area contributed by atoms with E-state index in [1.54, 1.807) is 22.9 Å². The number of aromatic hydroxyl groups is 1. The molecule has 0 spiro atoms. The third-order valence-electron chi connectivity index (χ3n) is 6.09. The van der Waals surface area contributed by atoms with Crippen molar-refractivity contribution in [2.45, 2.75) is 25.6 Å². The number of methoxy groups -OCH3 is 1. The van der Waals surface area contributed by atoms with Crippen LogP contribution >= 0.6 is 0 Å². The number of benzene rings is 3. The molecule has 2 heterocycles. The Balaban J connectivity index is 1.55. The molecule has 1 aromatic heterocycles. The fourth-order valence-corrected chi connectivity index (χ4v) is 4.41. The Labute approximate surface area is 191 Å². The van der Waals surface area contributed by atoms with Gasteiger partial charge in [-0.25, -0.2) is 9.07 Å². The number of tetrazole rings is 1. The first kappa shape index (κ1) is 21.1. The van der Waals surface area contributed by atoms with Gasteiger partial charge in [-0.1, -0.05) is 42.5 Å². The molecule has 0 radical (unpaired) electrons. The van der Waals surface area contributed by atoms with E-state index in [1.165, 1.54) is 30.4 Å². The molecule has 4 aromatic rings. The molecular weight excluding hydrogens is 421 g/mol. The molecule has 5 rings (SSSR count). The molecule has 0 unspecified atom stereocenters. The Bertz CT molecular complexity index is 1260. The van der Waals surface area contributed by atoms with E-state index in [-0.39, 0.29) is 17.6 Å². The third kappa shape index (κ3) is 4.29. The van der Waals surface area contributed by atoms with Gasteiger partial charge in [-0.15, -0.1) is 5.10 Å². The van der Waals surface area contributed by atoms with E-state index in [0.717, 1.165) is 30.6 Å². The van der Waals surface area contributed by atoms with Crippen LogP contribution in [0.15, 0.2) is 66.7 Å². The molecule has 0 amide bonds. The van der Waals surface area contributed by atoms with Crippen molar-refractivity contribution in [3.63, 3.8) is 0 Å². The molecule has 1 aliphatic heterocycles. The lowest BCUT2D eigenvalue weighted by Crippen LogP contribution is -2.36. The van der Waals surface area contributed by atoms with E-state index in [2.05, 4.69) is 44.7 Å². The van der Waals surface area contributed by atoms with Gasteiger partial charge in [0.2, 0.25) is 0 Å². The Hall–Kier alpha value is -3.78. The van der Waals surface area contributed by atoms with Gasteiger partial charge in [-0.3, -0.25) is 4.90 Å². The van der Waals surface area contributed by atoms with Crippen molar-refractivity contribution in [1.29, 1.82) is 0 Å². The molecule has 0 aliphatic carbocycles. The zero-order valence-electron chi connectivity index (χ0n) is 18.2. The van der Waals surface area contributed by atoms with Gasteiger partial charge in [-0.2, -0.15) is 0 Å². The summed E-state index contributed by atoms with van der Waals surface area (Å²) in [7, 11) is 1.53. The lowest BCUT2D eigenvalue weighted by atomic mass is 9.95. The van der Waals surface area contributed by atoms with Crippen LogP contribution in [-0.4, -0.2) is 43.9 Å². The Morgan fingerprint density at radius 3 is 2.64 bits per heavy atom. The highest BCUT2D eigenvalue weighted by Gasteiger charge is 2.31. The normalized spacial score (nSPS) is 14.6. The van der Waals surface area contributed by atoms with E-state index >= 15 is 0 Å². The van der Waals surface area contributed by atoms with Crippen LogP contribution in [0.4, 0.5) is 4.39 Å². The maximum atomic E-state index is 13.4. The molecule has 0 saturated carbocycles. The molecule has 1 aliphatic rings. The summed E-state index contributed by atoms with van der Waals surface area (Å²) in [6.45, 7) is 1.99. The highest BCUT2D eigenvalue weighted by molar-refractivity contribution is 5.44. The summed E-state index contributed by atoms with van der Waals surface area (Å²) in [6, 6.07) is 19.9. The summed E-state index contributed by atoms with van der Waals surface area (Å²) in [5, 5.41) is 22.7. The predicted molar refractivity (Wildman–Crippen MR) is 120 cm³/mol. The summed E-state index contributed by atoms with van der Waals surface area (Å²) >= 11 is 0. The summed E-state index contributed by atoms with van der Waals surface area (Å²) in [5.74, 6) is 0.866. The summed E-state index contributed by atoms with van der Waals surface area (Å²) in [6.07, 6.45) is 0.918. The van der Waals surface area contributed by atoms with E-state index in [0.29, 0.717) is 18.1 Å². The highest BCUT2D eigenvalue weighted by atomic mass is 19.1. The average molecular weight is 445 g/mol. The van der Waals surface area contributed by atoms with Crippen molar-refractivity contribution in [1.82, 2.24) is 25.1 Å². The van der Waals surface area contributed by atoms with Crippen LogP contribution in [0.1, 0.15) is 34.1 Å². The second-order valence-electron chi connectivity index (χ2n) is 8.14. The van der Waals surface area contributed by atoms with E-state index in [9.17, 15) is 9.50 Å². The Morgan fingerprint density at radius 1 is 1.06 bits per heavy atom. The van der Waals surface area contributed by atoms with Crippen LogP contribution in [0.25, 0.3) is 0 Å². The zero-order valence-corrected chi connectivity index (χ0v) is 18.2. The molecule has 0 fully saturated rings.